The summed E-state index contributed by atoms with van der Waals surface area (Å²) >= 11 is 2.29. The Hall–Kier alpha value is -2.12. The molecule has 2 aromatic carbocycles. The maximum atomic E-state index is 13.1. The van der Waals surface area contributed by atoms with Crippen molar-refractivity contribution in [2.45, 2.75) is 25.6 Å². The summed E-state index contributed by atoms with van der Waals surface area (Å²) in [7, 11) is 0. The number of hydrogen-bond acceptors (Lipinski definition) is 2. The SMILES string of the molecule is O=C(c1cccn1-c1cccc(I)c1)N1CCC(OCc2ccccc2)CC1. The first kappa shape index (κ1) is 19.2. The van der Waals surface area contributed by atoms with E-state index in [-0.39, 0.29) is 12.0 Å². The van der Waals surface area contributed by atoms with E-state index in [0.717, 1.165) is 35.2 Å². The third kappa shape index (κ3) is 4.47. The molecule has 1 aliphatic heterocycles. The summed E-state index contributed by atoms with van der Waals surface area (Å²) in [5.41, 5.74) is 2.92. The Morgan fingerprint density at radius 1 is 1.00 bits per heavy atom. The third-order valence-electron chi connectivity index (χ3n) is 5.11. The third-order valence-corrected chi connectivity index (χ3v) is 5.78. The van der Waals surface area contributed by atoms with Gasteiger partial charge < -0.3 is 14.2 Å². The first-order chi connectivity index (χ1) is 13.7. The molecule has 5 heteroatoms. The van der Waals surface area contributed by atoms with Gasteiger partial charge in [0.2, 0.25) is 0 Å². The highest BCUT2D eigenvalue weighted by Crippen LogP contribution is 2.21. The van der Waals surface area contributed by atoms with Crippen molar-refractivity contribution in [3.63, 3.8) is 0 Å². The lowest BCUT2D eigenvalue weighted by molar-refractivity contribution is -0.000551. The summed E-state index contributed by atoms with van der Waals surface area (Å²) in [5.74, 6) is 0.0883. The number of carbonyl (C=O) groups is 1. The molecule has 4 nitrogen and oxygen atoms in total. The van der Waals surface area contributed by atoms with E-state index in [0.29, 0.717) is 12.3 Å². The van der Waals surface area contributed by atoms with Gasteiger partial charge in [-0.15, -0.1) is 0 Å². The standard InChI is InChI=1S/C23H23IN2O2/c24-19-8-4-9-20(16-19)26-13-5-10-22(26)23(27)25-14-11-21(12-15-25)28-17-18-6-2-1-3-7-18/h1-10,13,16,21H,11-12,14-15,17H2. The fourth-order valence-electron chi connectivity index (χ4n) is 3.58. The zero-order chi connectivity index (χ0) is 19.3. The predicted octanol–water partition coefficient (Wildman–Crippen LogP) is 4.90. The molecule has 1 saturated heterocycles. The van der Waals surface area contributed by atoms with Crippen LogP contribution in [-0.4, -0.2) is 34.6 Å². The maximum absolute atomic E-state index is 13.1. The smallest absolute Gasteiger partial charge is 0.270 e. The van der Waals surface area contributed by atoms with Crippen LogP contribution in [0.1, 0.15) is 28.9 Å². The first-order valence-corrected chi connectivity index (χ1v) is 10.7. The van der Waals surface area contributed by atoms with Gasteiger partial charge in [-0.2, -0.15) is 0 Å². The highest BCUT2D eigenvalue weighted by Gasteiger charge is 2.25. The molecule has 144 valence electrons. The van der Waals surface area contributed by atoms with E-state index in [4.69, 9.17) is 4.74 Å². The minimum Gasteiger partial charge on any atom is -0.373 e. The molecule has 0 spiro atoms. The summed E-state index contributed by atoms with van der Waals surface area (Å²) in [6, 6.07) is 22.3. The Morgan fingerprint density at radius 2 is 1.79 bits per heavy atom. The summed E-state index contributed by atoms with van der Waals surface area (Å²) in [6.45, 7) is 2.10. The number of hydrogen-bond donors (Lipinski definition) is 0. The summed E-state index contributed by atoms with van der Waals surface area (Å²) < 4.78 is 9.18. The van der Waals surface area contributed by atoms with Gasteiger partial charge in [0.05, 0.1) is 12.7 Å². The molecule has 3 aromatic rings. The Balaban J connectivity index is 1.37. The van der Waals surface area contributed by atoms with E-state index >= 15 is 0 Å². The van der Waals surface area contributed by atoms with Crippen LogP contribution in [-0.2, 0) is 11.3 Å². The monoisotopic (exact) mass is 486 g/mol. The van der Waals surface area contributed by atoms with Crippen molar-refractivity contribution < 1.29 is 9.53 Å². The average Bonchev–Trinajstić information content (AvgIpc) is 3.23. The normalized spacial score (nSPS) is 15.0. The number of piperidine rings is 1. The zero-order valence-electron chi connectivity index (χ0n) is 15.6. The Kier molecular flexibility index (Phi) is 6.12. The highest BCUT2D eigenvalue weighted by molar-refractivity contribution is 14.1. The number of likely N-dealkylation sites (tertiary alicyclic amines) is 1. The number of amides is 1. The lowest BCUT2D eigenvalue weighted by Gasteiger charge is -2.32. The van der Waals surface area contributed by atoms with Gasteiger partial charge in [-0.1, -0.05) is 36.4 Å². The van der Waals surface area contributed by atoms with Crippen LogP contribution < -0.4 is 0 Å². The average molecular weight is 486 g/mol. The fraction of sp³-hybridized carbons (Fsp3) is 0.261. The zero-order valence-corrected chi connectivity index (χ0v) is 17.8. The van der Waals surface area contributed by atoms with Crippen molar-refractivity contribution in [1.82, 2.24) is 9.47 Å². The first-order valence-electron chi connectivity index (χ1n) is 9.59. The quantitative estimate of drug-likeness (QED) is 0.481. The number of carbonyl (C=O) groups excluding carboxylic acids is 1. The summed E-state index contributed by atoms with van der Waals surface area (Å²) in [5, 5.41) is 0. The Morgan fingerprint density at radius 3 is 2.54 bits per heavy atom. The second kappa shape index (κ2) is 8.92. The molecule has 2 heterocycles. The van der Waals surface area contributed by atoms with E-state index in [1.165, 1.54) is 5.56 Å². The van der Waals surface area contributed by atoms with Crippen LogP contribution in [0.2, 0.25) is 0 Å². The second-order valence-corrected chi connectivity index (χ2v) is 8.28. The van der Waals surface area contributed by atoms with Gasteiger partial charge in [0, 0.05) is 28.5 Å². The van der Waals surface area contributed by atoms with Crippen molar-refractivity contribution in [3.05, 3.63) is 87.8 Å². The van der Waals surface area contributed by atoms with E-state index in [9.17, 15) is 4.79 Å². The lowest BCUT2D eigenvalue weighted by Crippen LogP contribution is -2.41. The molecule has 0 aliphatic carbocycles. The second-order valence-electron chi connectivity index (χ2n) is 7.03. The van der Waals surface area contributed by atoms with Crippen molar-refractivity contribution in [2.75, 3.05) is 13.1 Å². The Labute approximate surface area is 179 Å². The van der Waals surface area contributed by atoms with Gasteiger partial charge in [0.15, 0.2) is 0 Å². The van der Waals surface area contributed by atoms with Crippen LogP contribution in [0, 0.1) is 3.57 Å². The minimum atomic E-state index is 0.0883. The van der Waals surface area contributed by atoms with Crippen LogP contribution in [0.25, 0.3) is 5.69 Å². The molecular formula is C23H23IN2O2. The van der Waals surface area contributed by atoms with E-state index in [1.54, 1.807) is 0 Å². The molecule has 1 aliphatic rings. The molecule has 0 bridgehead atoms. The summed E-state index contributed by atoms with van der Waals surface area (Å²) in [4.78, 5) is 15.0. The van der Waals surface area contributed by atoms with Crippen molar-refractivity contribution >= 4 is 28.5 Å². The number of aromatic nitrogens is 1. The maximum Gasteiger partial charge on any atom is 0.270 e. The number of halogens is 1. The van der Waals surface area contributed by atoms with Crippen LogP contribution in [0.3, 0.4) is 0 Å². The fourth-order valence-corrected chi connectivity index (χ4v) is 4.11. The topological polar surface area (TPSA) is 34.5 Å². The van der Waals surface area contributed by atoms with Crippen LogP contribution in [0.15, 0.2) is 72.9 Å². The van der Waals surface area contributed by atoms with Crippen molar-refractivity contribution in [1.29, 1.82) is 0 Å². The largest absolute Gasteiger partial charge is 0.373 e. The van der Waals surface area contributed by atoms with Gasteiger partial charge in [-0.25, -0.2) is 0 Å². The molecule has 28 heavy (non-hydrogen) atoms. The number of ether oxygens (including phenoxy) is 1. The molecule has 1 amide bonds. The molecular weight excluding hydrogens is 463 g/mol. The van der Waals surface area contributed by atoms with E-state index in [1.807, 2.05) is 58.1 Å². The summed E-state index contributed by atoms with van der Waals surface area (Å²) in [6.07, 6.45) is 3.92. The molecule has 0 radical (unpaired) electrons. The predicted molar refractivity (Wildman–Crippen MR) is 119 cm³/mol. The van der Waals surface area contributed by atoms with E-state index in [2.05, 4.69) is 46.9 Å². The van der Waals surface area contributed by atoms with Crippen molar-refractivity contribution in [3.8, 4) is 5.69 Å². The van der Waals surface area contributed by atoms with Gasteiger partial charge in [0.25, 0.3) is 5.91 Å². The van der Waals surface area contributed by atoms with E-state index < -0.39 is 0 Å². The lowest BCUT2D eigenvalue weighted by atomic mass is 10.1. The molecule has 1 fully saturated rings. The molecule has 4 rings (SSSR count). The number of benzene rings is 2. The van der Waals surface area contributed by atoms with Crippen LogP contribution in [0.4, 0.5) is 0 Å². The number of rotatable bonds is 5. The number of nitrogens with zero attached hydrogens (tertiary/aromatic N) is 2. The molecule has 0 atom stereocenters. The van der Waals surface area contributed by atoms with Gasteiger partial charge in [-0.05, 0) is 71.3 Å². The molecule has 1 aromatic heterocycles. The minimum absolute atomic E-state index is 0.0883. The van der Waals surface area contributed by atoms with Gasteiger partial charge in [-0.3, -0.25) is 4.79 Å². The molecule has 0 saturated carbocycles. The van der Waals surface area contributed by atoms with Crippen LogP contribution >= 0.6 is 22.6 Å². The van der Waals surface area contributed by atoms with Gasteiger partial charge >= 0.3 is 0 Å². The van der Waals surface area contributed by atoms with Crippen molar-refractivity contribution in [2.24, 2.45) is 0 Å². The molecule has 0 N–H and O–H groups in total. The van der Waals surface area contributed by atoms with Crippen LogP contribution in [0.5, 0.6) is 0 Å². The van der Waals surface area contributed by atoms with Gasteiger partial charge in [0.1, 0.15) is 5.69 Å². The Bertz CT molecular complexity index is 931. The molecule has 0 unspecified atom stereocenters. The highest BCUT2D eigenvalue weighted by atomic mass is 127.